The van der Waals surface area contributed by atoms with Crippen LogP contribution in [-0.4, -0.2) is 41.1 Å². The molecule has 1 saturated heterocycles. The average molecular weight is 482 g/mol. The quantitative estimate of drug-likeness (QED) is 0.403. The molecular formula is C24H23N3O4S2. The van der Waals surface area contributed by atoms with Gasteiger partial charge in [0.05, 0.1) is 32.0 Å². The van der Waals surface area contributed by atoms with E-state index in [1.54, 1.807) is 25.6 Å². The molecule has 33 heavy (non-hydrogen) atoms. The Bertz CT molecular complexity index is 1360. The summed E-state index contributed by atoms with van der Waals surface area (Å²) in [7, 11) is 3.20. The minimum absolute atomic E-state index is 0.0364. The first-order chi connectivity index (χ1) is 16.1. The smallest absolute Gasteiger partial charge is 0.263 e. The first-order valence-electron chi connectivity index (χ1n) is 10.6. The van der Waals surface area contributed by atoms with E-state index in [0.29, 0.717) is 28.3 Å². The molecule has 7 nitrogen and oxygen atoms in total. The molecule has 0 unspecified atom stereocenters. The first kappa shape index (κ1) is 21.7. The van der Waals surface area contributed by atoms with Crippen molar-refractivity contribution in [2.24, 2.45) is 0 Å². The van der Waals surface area contributed by atoms with Gasteiger partial charge in [0.25, 0.3) is 5.56 Å². The molecule has 1 aliphatic rings. The van der Waals surface area contributed by atoms with Gasteiger partial charge >= 0.3 is 0 Å². The van der Waals surface area contributed by atoms with Crippen molar-refractivity contribution >= 4 is 38.8 Å². The van der Waals surface area contributed by atoms with E-state index >= 15 is 0 Å². The highest BCUT2D eigenvalue weighted by molar-refractivity contribution is 7.18. The summed E-state index contributed by atoms with van der Waals surface area (Å²) in [6, 6.07) is 9.65. The molecule has 1 atom stereocenters. The van der Waals surface area contributed by atoms with E-state index in [4.69, 9.17) is 9.47 Å². The highest BCUT2D eigenvalue weighted by atomic mass is 32.1. The summed E-state index contributed by atoms with van der Waals surface area (Å²) < 4.78 is 12.2. The van der Waals surface area contributed by atoms with Gasteiger partial charge in [-0.1, -0.05) is 12.1 Å². The van der Waals surface area contributed by atoms with Crippen molar-refractivity contribution in [3.63, 3.8) is 0 Å². The molecule has 3 aromatic heterocycles. The van der Waals surface area contributed by atoms with Crippen LogP contribution < -0.4 is 15.0 Å². The van der Waals surface area contributed by atoms with Gasteiger partial charge in [-0.2, -0.15) is 0 Å². The van der Waals surface area contributed by atoms with Gasteiger partial charge in [-0.15, -0.1) is 22.7 Å². The van der Waals surface area contributed by atoms with Gasteiger partial charge in [0.2, 0.25) is 5.91 Å². The van der Waals surface area contributed by atoms with Gasteiger partial charge < -0.3 is 14.4 Å². The Kier molecular flexibility index (Phi) is 5.90. The van der Waals surface area contributed by atoms with Crippen molar-refractivity contribution in [1.29, 1.82) is 0 Å². The van der Waals surface area contributed by atoms with E-state index < -0.39 is 0 Å². The lowest BCUT2D eigenvalue weighted by Crippen LogP contribution is -2.36. The number of thiophene rings is 2. The van der Waals surface area contributed by atoms with Crippen molar-refractivity contribution in [1.82, 2.24) is 14.5 Å². The molecule has 0 N–H and O–H groups in total. The van der Waals surface area contributed by atoms with Crippen LogP contribution in [0.1, 0.15) is 24.4 Å². The molecule has 9 heteroatoms. The number of carbonyl (C=O) groups excluding carboxylic acids is 1. The third kappa shape index (κ3) is 3.91. The number of benzene rings is 1. The number of fused-ring (bicyclic) bond motifs is 1. The van der Waals surface area contributed by atoms with Crippen LogP contribution in [0.15, 0.2) is 52.2 Å². The number of amides is 1. The first-order valence-corrected chi connectivity index (χ1v) is 12.4. The lowest BCUT2D eigenvalue weighted by atomic mass is 10.0. The van der Waals surface area contributed by atoms with Gasteiger partial charge in [-0.3, -0.25) is 14.2 Å². The van der Waals surface area contributed by atoms with E-state index in [1.807, 2.05) is 46.0 Å². The average Bonchev–Trinajstić information content (AvgIpc) is 3.60. The van der Waals surface area contributed by atoms with Gasteiger partial charge in [-0.05, 0) is 42.0 Å². The number of nitrogens with zero attached hydrogens (tertiary/aromatic N) is 3. The molecule has 4 aromatic rings. The zero-order valence-electron chi connectivity index (χ0n) is 18.3. The topological polar surface area (TPSA) is 73.7 Å². The molecule has 1 fully saturated rings. The molecule has 1 amide bonds. The number of rotatable bonds is 6. The number of ether oxygens (including phenoxy) is 2. The highest BCUT2D eigenvalue weighted by Crippen LogP contribution is 2.37. The highest BCUT2D eigenvalue weighted by Gasteiger charge is 2.31. The van der Waals surface area contributed by atoms with E-state index in [0.717, 1.165) is 28.8 Å². The maximum absolute atomic E-state index is 13.3. The van der Waals surface area contributed by atoms with Crippen LogP contribution in [0, 0.1) is 0 Å². The Morgan fingerprint density at radius 3 is 2.79 bits per heavy atom. The van der Waals surface area contributed by atoms with Gasteiger partial charge in [0, 0.05) is 22.4 Å². The van der Waals surface area contributed by atoms with Gasteiger partial charge in [-0.25, -0.2) is 4.98 Å². The van der Waals surface area contributed by atoms with Crippen molar-refractivity contribution < 1.29 is 14.3 Å². The monoisotopic (exact) mass is 481 g/mol. The molecular weight excluding hydrogens is 458 g/mol. The van der Waals surface area contributed by atoms with Gasteiger partial charge in [0.15, 0.2) is 11.5 Å². The largest absolute Gasteiger partial charge is 0.493 e. The van der Waals surface area contributed by atoms with Gasteiger partial charge in [0.1, 0.15) is 11.4 Å². The molecule has 0 saturated carbocycles. The second-order valence-corrected chi connectivity index (χ2v) is 9.65. The second-order valence-electron chi connectivity index (χ2n) is 7.84. The molecule has 0 spiro atoms. The fourth-order valence-electron chi connectivity index (χ4n) is 4.40. The Labute approximate surface area is 198 Å². The molecule has 1 aromatic carbocycles. The molecule has 0 aliphatic carbocycles. The fraction of sp³-hybridized carbons (Fsp3) is 0.292. The fourth-order valence-corrected chi connectivity index (χ4v) is 6.12. The summed E-state index contributed by atoms with van der Waals surface area (Å²) in [5, 5.41) is 4.53. The van der Waals surface area contributed by atoms with Crippen LogP contribution in [0.2, 0.25) is 0 Å². The molecule has 1 aliphatic heterocycles. The standard InChI is InChI=1S/C24H23N3O4S2/c1-30-18-8-7-15(11-19(18)31-2)17-5-3-9-27(17)21(28)12-26-14-25-23-22(24(26)29)16(13-33-23)20-6-4-10-32-20/h4,6-8,10-11,13-14,17H,3,5,9,12H2,1-2H3/t17-/m0/s1. The normalized spacial score (nSPS) is 15.8. The number of aromatic nitrogens is 2. The molecule has 0 bridgehead atoms. The van der Waals surface area contributed by atoms with Crippen molar-refractivity contribution in [2.45, 2.75) is 25.4 Å². The van der Waals surface area contributed by atoms with Crippen molar-refractivity contribution in [2.75, 3.05) is 20.8 Å². The Morgan fingerprint density at radius 1 is 1.18 bits per heavy atom. The van der Waals surface area contributed by atoms with Crippen molar-refractivity contribution in [3.05, 3.63) is 63.3 Å². The number of carbonyl (C=O) groups is 1. The predicted octanol–water partition coefficient (Wildman–Crippen LogP) is 4.57. The third-order valence-corrected chi connectivity index (χ3v) is 7.81. The van der Waals surface area contributed by atoms with Crippen LogP contribution in [-0.2, 0) is 11.3 Å². The Balaban J connectivity index is 1.43. The van der Waals surface area contributed by atoms with Crippen LogP contribution in [0.5, 0.6) is 11.5 Å². The maximum Gasteiger partial charge on any atom is 0.263 e. The number of hydrogen-bond donors (Lipinski definition) is 0. The maximum atomic E-state index is 13.3. The lowest BCUT2D eigenvalue weighted by molar-refractivity contribution is -0.132. The van der Waals surface area contributed by atoms with Crippen LogP contribution in [0.4, 0.5) is 0 Å². The van der Waals surface area contributed by atoms with Crippen LogP contribution >= 0.6 is 22.7 Å². The lowest BCUT2D eigenvalue weighted by Gasteiger charge is -2.26. The summed E-state index contributed by atoms with van der Waals surface area (Å²) in [6.07, 6.45) is 3.25. The predicted molar refractivity (Wildman–Crippen MR) is 130 cm³/mol. The Morgan fingerprint density at radius 2 is 2.03 bits per heavy atom. The summed E-state index contributed by atoms with van der Waals surface area (Å²) in [5.41, 5.74) is 1.70. The number of likely N-dealkylation sites (tertiary alicyclic amines) is 1. The number of methoxy groups -OCH3 is 2. The minimum Gasteiger partial charge on any atom is -0.493 e. The van der Waals surface area contributed by atoms with Crippen LogP contribution in [0.3, 0.4) is 0 Å². The van der Waals surface area contributed by atoms with Crippen LogP contribution in [0.25, 0.3) is 20.7 Å². The molecule has 0 radical (unpaired) electrons. The second kappa shape index (κ2) is 8.99. The molecule has 5 rings (SSSR count). The summed E-state index contributed by atoms with van der Waals surface area (Å²) in [5.74, 6) is 1.20. The Hall–Kier alpha value is -3.17. The third-order valence-electron chi connectivity index (χ3n) is 6.02. The van der Waals surface area contributed by atoms with E-state index in [9.17, 15) is 9.59 Å². The van der Waals surface area contributed by atoms with E-state index in [1.165, 1.54) is 22.2 Å². The van der Waals surface area contributed by atoms with E-state index in [2.05, 4.69) is 4.98 Å². The zero-order valence-corrected chi connectivity index (χ0v) is 19.9. The number of hydrogen-bond acceptors (Lipinski definition) is 7. The summed E-state index contributed by atoms with van der Waals surface area (Å²) in [4.78, 5) is 34.6. The molecule has 4 heterocycles. The molecule has 170 valence electrons. The van der Waals surface area contributed by atoms with Crippen molar-refractivity contribution in [3.8, 4) is 21.9 Å². The van der Waals surface area contributed by atoms with E-state index in [-0.39, 0.29) is 24.1 Å². The minimum atomic E-state index is -0.181. The SMILES string of the molecule is COc1ccc([C@@H]2CCCN2C(=O)Cn2cnc3scc(-c4cccs4)c3c2=O)cc1OC. The summed E-state index contributed by atoms with van der Waals surface area (Å²) in [6.45, 7) is 0.618. The zero-order chi connectivity index (χ0) is 22.9. The summed E-state index contributed by atoms with van der Waals surface area (Å²) >= 11 is 3.03.